The fourth-order valence-electron chi connectivity index (χ4n) is 1.35. The minimum atomic E-state index is -1.01. The summed E-state index contributed by atoms with van der Waals surface area (Å²) >= 11 is 3.41. The molecule has 0 aromatic carbocycles. The first-order chi connectivity index (χ1) is 5.66. The molecule has 0 heterocycles. The first-order valence-corrected chi connectivity index (χ1v) is 4.94. The Kier molecular flexibility index (Phi) is 4.39. The van der Waals surface area contributed by atoms with Crippen LogP contribution in [0.5, 0.6) is 0 Å². The summed E-state index contributed by atoms with van der Waals surface area (Å²) in [5.41, 5.74) is -1.01. The maximum Gasteiger partial charge on any atom is 0.308 e. The zero-order valence-corrected chi connectivity index (χ0v) is 10.1. The average molecular weight is 253 g/mol. The molecule has 0 amide bonds. The van der Waals surface area contributed by atoms with Crippen molar-refractivity contribution >= 4 is 21.9 Å². The summed E-state index contributed by atoms with van der Waals surface area (Å²) < 4.78 is 4.31. The molecular weight excluding hydrogens is 236 g/mol. The number of hydrogen-bond donors (Lipinski definition) is 1. The Hall–Kier alpha value is -0.0900. The number of rotatable bonds is 4. The van der Waals surface area contributed by atoms with Crippen molar-refractivity contribution in [1.29, 1.82) is 0 Å². The molecule has 4 heteroatoms. The lowest BCUT2D eigenvalue weighted by Gasteiger charge is -2.28. The average Bonchev–Trinajstić information content (AvgIpc) is 1.80. The van der Waals surface area contributed by atoms with E-state index in [0.717, 1.165) is 0 Å². The second-order valence-electron chi connectivity index (χ2n) is 4.15. The van der Waals surface area contributed by atoms with E-state index in [0.29, 0.717) is 6.42 Å². The van der Waals surface area contributed by atoms with Gasteiger partial charge in [0.15, 0.2) is 0 Å². The number of ether oxygens (including phenoxy) is 1. The molecule has 13 heavy (non-hydrogen) atoms. The standard InChI is InChI=1S/C9H17BrO3/c1-8(2,10)6-9(3,12)5-7(11)13-4/h12H,5-6H2,1-4H3. The molecule has 0 aliphatic rings. The topological polar surface area (TPSA) is 46.5 Å². The van der Waals surface area contributed by atoms with Gasteiger partial charge in [0.05, 0.1) is 19.1 Å². The first-order valence-electron chi connectivity index (χ1n) is 4.14. The number of hydrogen-bond acceptors (Lipinski definition) is 3. The number of esters is 1. The van der Waals surface area contributed by atoms with Gasteiger partial charge < -0.3 is 9.84 Å². The van der Waals surface area contributed by atoms with Crippen LogP contribution in [-0.4, -0.2) is 28.1 Å². The number of carbonyl (C=O) groups is 1. The fraction of sp³-hybridized carbons (Fsp3) is 0.889. The van der Waals surface area contributed by atoms with Gasteiger partial charge >= 0.3 is 5.97 Å². The van der Waals surface area contributed by atoms with E-state index < -0.39 is 5.60 Å². The highest BCUT2D eigenvalue weighted by Gasteiger charge is 2.31. The second-order valence-corrected chi connectivity index (χ2v) is 6.29. The highest BCUT2D eigenvalue weighted by Crippen LogP contribution is 2.29. The molecule has 0 aromatic heterocycles. The molecule has 0 radical (unpaired) electrons. The normalized spacial score (nSPS) is 16.5. The summed E-state index contributed by atoms with van der Waals surface area (Å²) in [6, 6.07) is 0. The Labute approximate surface area is 87.6 Å². The molecule has 0 aromatic rings. The van der Waals surface area contributed by atoms with Crippen LogP contribution >= 0.6 is 15.9 Å². The van der Waals surface area contributed by atoms with Gasteiger partial charge in [0.25, 0.3) is 0 Å². The van der Waals surface area contributed by atoms with Gasteiger partial charge in [0.1, 0.15) is 0 Å². The summed E-state index contributed by atoms with van der Waals surface area (Å²) in [5, 5.41) is 9.82. The van der Waals surface area contributed by atoms with E-state index >= 15 is 0 Å². The van der Waals surface area contributed by atoms with Crippen molar-refractivity contribution in [2.75, 3.05) is 7.11 Å². The van der Waals surface area contributed by atoms with Crippen LogP contribution in [0.4, 0.5) is 0 Å². The zero-order chi connectivity index (χ0) is 10.7. The molecule has 0 saturated carbocycles. The highest BCUT2D eigenvalue weighted by atomic mass is 79.9. The zero-order valence-electron chi connectivity index (χ0n) is 8.56. The van der Waals surface area contributed by atoms with Crippen molar-refractivity contribution in [3.8, 4) is 0 Å². The van der Waals surface area contributed by atoms with Crippen molar-refractivity contribution in [2.24, 2.45) is 0 Å². The molecule has 78 valence electrons. The smallest absolute Gasteiger partial charge is 0.308 e. The van der Waals surface area contributed by atoms with E-state index in [1.165, 1.54) is 7.11 Å². The van der Waals surface area contributed by atoms with Crippen molar-refractivity contribution < 1.29 is 14.6 Å². The minimum Gasteiger partial charge on any atom is -0.469 e. The Bertz CT molecular complexity index is 182. The van der Waals surface area contributed by atoms with Gasteiger partial charge in [0, 0.05) is 4.32 Å². The number of aliphatic hydroxyl groups is 1. The van der Waals surface area contributed by atoms with Crippen molar-refractivity contribution in [3.63, 3.8) is 0 Å². The SMILES string of the molecule is COC(=O)CC(C)(O)CC(C)(C)Br. The quantitative estimate of drug-likeness (QED) is 0.614. The predicted molar refractivity (Wildman–Crippen MR) is 54.9 cm³/mol. The number of halogens is 1. The fourth-order valence-corrected chi connectivity index (χ4v) is 1.96. The lowest BCUT2D eigenvalue weighted by molar-refractivity contribution is -0.145. The molecule has 0 spiro atoms. The molecule has 0 aliphatic heterocycles. The monoisotopic (exact) mass is 252 g/mol. The lowest BCUT2D eigenvalue weighted by atomic mass is 9.91. The number of carbonyl (C=O) groups excluding carboxylic acids is 1. The van der Waals surface area contributed by atoms with E-state index in [-0.39, 0.29) is 16.7 Å². The maximum absolute atomic E-state index is 10.9. The van der Waals surface area contributed by atoms with Crippen LogP contribution in [0.1, 0.15) is 33.6 Å². The van der Waals surface area contributed by atoms with Crippen LogP contribution in [0.2, 0.25) is 0 Å². The van der Waals surface area contributed by atoms with Gasteiger partial charge in [0.2, 0.25) is 0 Å². The van der Waals surface area contributed by atoms with Gasteiger partial charge in [-0.1, -0.05) is 15.9 Å². The molecule has 0 bridgehead atoms. The Morgan fingerprint density at radius 2 is 1.92 bits per heavy atom. The molecule has 0 aliphatic carbocycles. The van der Waals surface area contributed by atoms with Crippen molar-refractivity contribution in [3.05, 3.63) is 0 Å². The molecule has 1 atom stereocenters. The third-order valence-corrected chi connectivity index (χ3v) is 1.83. The second kappa shape index (κ2) is 4.42. The summed E-state index contributed by atoms with van der Waals surface area (Å²) in [6.45, 7) is 5.52. The van der Waals surface area contributed by atoms with Crippen LogP contribution in [0, 0.1) is 0 Å². The minimum absolute atomic E-state index is 0.0263. The molecule has 1 N–H and O–H groups in total. The van der Waals surface area contributed by atoms with Crippen molar-refractivity contribution in [1.82, 2.24) is 0 Å². The van der Waals surface area contributed by atoms with Crippen LogP contribution in [0.15, 0.2) is 0 Å². The van der Waals surface area contributed by atoms with Crippen LogP contribution in [0.25, 0.3) is 0 Å². The third-order valence-electron chi connectivity index (χ3n) is 1.55. The summed E-state index contributed by atoms with van der Waals surface area (Å²) in [7, 11) is 1.32. The van der Waals surface area contributed by atoms with E-state index in [4.69, 9.17) is 0 Å². The van der Waals surface area contributed by atoms with Crippen LogP contribution < -0.4 is 0 Å². The van der Waals surface area contributed by atoms with E-state index in [2.05, 4.69) is 20.7 Å². The van der Waals surface area contributed by atoms with Gasteiger partial charge in [-0.05, 0) is 27.2 Å². The van der Waals surface area contributed by atoms with Gasteiger partial charge in [-0.2, -0.15) is 0 Å². The van der Waals surface area contributed by atoms with Gasteiger partial charge in [-0.15, -0.1) is 0 Å². The van der Waals surface area contributed by atoms with Crippen LogP contribution in [0.3, 0.4) is 0 Å². The van der Waals surface area contributed by atoms with E-state index in [1.807, 2.05) is 13.8 Å². The molecule has 0 fully saturated rings. The van der Waals surface area contributed by atoms with Crippen LogP contribution in [-0.2, 0) is 9.53 Å². The van der Waals surface area contributed by atoms with Gasteiger partial charge in [-0.25, -0.2) is 0 Å². The molecule has 1 unspecified atom stereocenters. The highest BCUT2D eigenvalue weighted by molar-refractivity contribution is 9.10. The van der Waals surface area contributed by atoms with E-state index in [1.54, 1.807) is 6.92 Å². The lowest BCUT2D eigenvalue weighted by Crippen LogP contribution is -2.34. The molecular formula is C9H17BrO3. The Morgan fingerprint density at radius 1 is 1.46 bits per heavy atom. The third kappa shape index (κ3) is 7.02. The maximum atomic E-state index is 10.9. The number of alkyl halides is 1. The molecule has 3 nitrogen and oxygen atoms in total. The summed E-state index contributed by atoms with van der Waals surface area (Å²) in [5.74, 6) is -0.387. The van der Waals surface area contributed by atoms with E-state index in [9.17, 15) is 9.90 Å². The largest absolute Gasteiger partial charge is 0.469 e. The first kappa shape index (κ1) is 12.9. The van der Waals surface area contributed by atoms with Crippen molar-refractivity contribution in [2.45, 2.75) is 43.5 Å². The number of methoxy groups -OCH3 is 1. The Morgan fingerprint density at radius 3 is 2.23 bits per heavy atom. The predicted octanol–water partition coefficient (Wildman–Crippen LogP) is 1.86. The summed E-state index contributed by atoms with van der Waals surface area (Å²) in [4.78, 5) is 10.9. The van der Waals surface area contributed by atoms with Gasteiger partial charge in [-0.3, -0.25) is 4.79 Å². The molecule has 0 rings (SSSR count). The molecule has 0 saturated heterocycles. The summed E-state index contributed by atoms with van der Waals surface area (Å²) in [6.07, 6.45) is 0.521. The Balaban J connectivity index is 4.16.